The summed E-state index contributed by atoms with van der Waals surface area (Å²) < 4.78 is 0.461. The monoisotopic (exact) mass is 272 g/mol. The van der Waals surface area contributed by atoms with E-state index in [1.807, 2.05) is 0 Å². The fourth-order valence-electron chi connectivity index (χ4n) is 2.52. The van der Waals surface area contributed by atoms with E-state index in [1.165, 1.54) is 31.8 Å². The number of rotatable bonds is 4. The highest BCUT2D eigenvalue weighted by Crippen LogP contribution is 2.30. The Morgan fingerprint density at radius 3 is 2.56 bits per heavy atom. The first kappa shape index (κ1) is 16.3. The van der Waals surface area contributed by atoms with Crippen LogP contribution in [0.5, 0.6) is 0 Å². The largest absolute Gasteiger partial charge is 0.328 e. The molecule has 0 aromatic rings. The lowest BCUT2D eigenvalue weighted by Crippen LogP contribution is -2.34. The van der Waals surface area contributed by atoms with Gasteiger partial charge in [0.05, 0.1) is 0 Å². The van der Waals surface area contributed by atoms with Gasteiger partial charge in [-0.05, 0) is 37.8 Å². The number of hydrogen-bond acceptors (Lipinski definition) is 3. The van der Waals surface area contributed by atoms with Gasteiger partial charge in [-0.3, -0.25) is 0 Å². The average molecular weight is 273 g/mol. The SMILES string of the molecule is CC(C)(C)CC(N)CCN1CCSC(C)(C)CC1. The average Bonchev–Trinajstić information content (AvgIpc) is 2.34. The second kappa shape index (κ2) is 6.62. The standard InChI is InChI=1S/C15H32N2S/c1-14(2,3)12-13(16)6-8-17-9-7-15(4,5)18-11-10-17/h13H,6-12,16H2,1-5H3. The Morgan fingerprint density at radius 1 is 1.28 bits per heavy atom. The van der Waals surface area contributed by atoms with Crippen molar-refractivity contribution >= 4 is 11.8 Å². The first-order chi connectivity index (χ1) is 8.18. The maximum Gasteiger partial charge on any atom is 0.0116 e. The topological polar surface area (TPSA) is 29.3 Å². The molecule has 1 atom stereocenters. The molecule has 1 unspecified atom stereocenters. The molecule has 2 nitrogen and oxygen atoms in total. The van der Waals surface area contributed by atoms with E-state index in [0.717, 1.165) is 12.8 Å². The maximum atomic E-state index is 6.24. The number of nitrogens with zero attached hydrogens (tertiary/aromatic N) is 1. The molecule has 1 aliphatic rings. The van der Waals surface area contributed by atoms with Crippen LogP contribution in [0.4, 0.5) is 0 Å². The molecule has 0 aliphatic carbocycles. The Bertz CT molecular complexity index is 245. The second-order valence-corrected chi connectivity index (χ2v) is 9.32. The smallest absolute Gasteiger partial charge is 0.0116 e. The summed E-state index contributed by atoms with van der Waals surface area (Å²) in [6.45, 7) is 15.2. The van der Waals surface area contributed by atoms with E-state index < -0.39 is 0 Å². The van der Waals surface area contributed by atoms with Crippen molar-refractivity contribution in [3.05, 3.63) is 0 Å². The van der Waals surface area contributed by atoms with E-state index in [0.29, 0.717) is 16.2 Å². The molecule has 0 radical (unpaired) electrons. The lowest BCUT2D eigenvalue weighted by atomic mass is 9.87. The van der Waals surface area contributed by atoms with E-state index >= 15 is 0 Å². The van der Waals surface area contributed by atoms with Crippen molar-refractivity contribution in [3.8, 4) is 0 Å². The summed E-state index contributed by atoms with van der Waals surface area (Å²) in [4.78, 5) is 2.60. The van der Waals surface area contributed by atoms with Crippen LogP contribution in [0.3, 0.4) is 0 Å². The molecule has 0 amide bonds. The molecule has 1 heterocycles. The van der Waals surface area contributed by atoms with Gasteiger partial charge in [-0.15, -0.1) is 0 Å². The zero-order chi connectivity index (χ0) is 13.8. The lowest BCUT2D eigenvalue weighted by molar-refractivity contribution is 0.254. The normalized spacial score (nSPS) is 23.7. The molecule has 1 saturated heterocycles. The summed E-state index contributed by atoms with van der Waals surface area (Å²) in [5, 5.41) is 0. The van der Waals surface area contributed by atoms with Gasteiger partial charge in [-0.2, -0.15) is 11.8 Å². The molecule has 18 heavy (non-hydrogen) atoms. The minimum Gasteiger partial charge on any atom is -0.328 e. The van der Waals surface area contributed by atoms with Crippen molar-refractivity contribution in [1.82, 2.24) is 4.90 Å². The van der Waals surface area contributed by atoms with Gasteiger partial charge in [0.1, 0.15) is 0 Å². The molecule has 1 aliphatic heterocycles. The van der Waals surface area contributed by atoms with Crippen LogP contribution in [-0.2, 0) is 0 Å². The van der Waals surface area contributed by atoms with Gasteiger partial charge >= 0.3 is 0 Å². The van der Waals surface area contributed by atoms with E-state index in [4.69, 9.17) is 5.73 Å². The fourth-order valence-corrected chi connectivity index (χ4v) is 3.66. The van der Waals surface area contributed by atoms with Crippen LogP contribution >= 0.6 is 11.8 Å². The van der Waals surface area contributed by atoms with Crippen molar-refractivity contribution < 1.29 is 0 Å². The quantitative estimate of drug-likeness (QED) is 0.851. The minimum absolute atomic E-state index is 0.355. The molecule has 1 fully saturated rings. The molecular formula is C15H32N2S. The molecular weight excluding hydrogens is 240 g/mol. The molecule has 2 N–H and O–H groups in total. The third kappa shape index (κ3) is 7.01. The van der Waals surface area contributed by atoms with Crippen LogP contribution in [0.2, 0.25) is 0 Å². The predicted molar refractivity (Wildman–Crippen MR) is 84.3 cm³/mol. The molecule has 0 aromatic carbocycles. The number of thioether (sulfide) groups is 1. The van der Waals surface area contributed by atoms with Gasteiger partial charge in [0.25, 0.3) is 0 Å². The Labute approximate surface area is 118 Å². The van der Waals surface area contributed by atoms with Crippen LogP contribution in [-0.4, -0.2) is 41.1 Å². The number of hydrogen-bond donors (Lipinski definition) is 1. The third-order valence-electron chi connectivity index (χ3n) is 3.62. The van der Waals surface area contributed by atoms with Crippen molar-refractivity contribution in [2.24, 2.45) is 11.1 Å². The zero-order valence-electron chi connectivity index (χ0n) is 13.0. The van der Waals surface area contributed by atoms with Crippen molar-refractivity contribution in [2.45, 2.75) is 64.7 Å². The van der Waals surface area contributed by atoms with Gasteiger partial charge in [-0.1, -0.05) is 34.6 Å². The van der Waals surface area contributed by atoms with Crippen LogP contribution in [0.25, 0.3) is 0 Å². The lowest BCUT2D eigenvalue weighted by Gasteiger charge is -2.26. The van der Waals surface area contributed by atoms with Crippen molar-refractivity contribution in [2.75, 3.05) is 25.4 Å². The summed E-state index contributed by atoms with van der Waals surface area (Å²) in [6.07, 6.45) is 3.57. The fraction of sp³-hybridized carbons (Fsp3) is 1.00. The summed E-state index contributed by atoms with van der Waals surface area (Å²) in [5.74, 6) is 1.27. The van der Waals surface area contributed by atoms with Gasteiger partial charge < -0.3 is 10.6 Å². The predicted octanol–water partition coefficient (Wildman–Crippen LogP) is 3.36. The first-order valence-electron chi connectivity index (χ1n) is 7.30. The summed E-state index contributed by atoms with van der Waals surface area (Å²) >= 11 is 2.12. The second-order valence-electron chi connectivity index (χ2n) is 7.51. The summed E-state index contributed by atoms with van der Waals surface area (Å²) in [5.41, 5.74) is 6.59. The summed E-state index contributed by atoms with van der Waals surface area (Å²) in [6, 6.07) is 0.355. The zero-order valence-corrected chi connectivity index (χ0v) is 13.8. The summed E-state index contributed by atoms with van der Waals surface area (Å²) in [7, 11) is 0. The Morgan fingerprint density at radius 2 is 1.94 bits per heavy atom. The van der Waals surface area contributed by atoms with Gasteiger partial charge in [0.15, 0.2) is 0 Å². The highest BCUT2D eigenvalue weighted by molar-refractivity contribution is 8.00. The van der Waals surface area contributed by atoms with Crippen LogP contribution < -0.4 is 5.73 Å². The van der Waals surface area contributed by atoms with Crippen LogP contribution in [0, 0.1) is 5.41 Å². The Balaban J connectivity index is 2.27. The van der Waals surface area contributed by atoms with Crippen molar-refractivity contribution in [1.29, 1.82) is 0 Å². The highest BCUT2D eigenvalue weighted by Gasteiger charge is 2.24. The van der Waals surface area contributed by atoms with Gasteiger partial charge in [-0.25, -0.2) is 0 Å². The Kier molecular flexibility index (Phi) is 6.01. The first-order valence-corrected chi connectivity index (χ1v) is 8.28. The van der Waals surface area contributed by atoms with Crippen LogP contribution in [0.15, 0.2) is 0 Å². The van der Waals surface area contributed by atoms with E-state index in [2.05, 4.69) is 51.3 Å². The minimum atomic E-state index is 0.355. The number of nitrogens with two attached hydrogens (primary N) is 1. The van der Waals surface area contributed by atoms with Crippen molar-refractivity contribution in [3.63, 3.8) is 0 Å². The Hall–Kier alpha value is 0.270. The molecule has 1 rings (SSSR count). The molecule has 0 bridgehead atoms. The molecule has 0 spiro atoms. The third-order valence-corrected chi connectivity index (χ3v) is 4.99. The van der Waals surface area contributed by atoms with Gasteiger partial charge in [0.2, 0.25) is 0 Å². The molecule has 3 heteroatoms. The van der Waals surface area contributed by atoms with E-state index in [9.17, 15) is 0 Å². The maximum absolute atomic E-state index is 6.24. The molecule has 0 aromatic heterocycles. The highest BCUT2D eigenvalue weighted by atomic mass is 32.2. The molecule has 0 saturated carbocycles. The van der Waals surface area contributed by atoms with Gasteiger partial charge in [0, 0.05) is 23.1 Å². The van der Waals surface area contributed by atoms with E-state index in [-0.39, 0.29) is 0 Å². The van der Waals surface area contributed by atoms with Crippen LogP contribution in [0.1, 0.15) is 53.9 Å². The molecule has 108 valence electrons. The van der Waals surface area contributed by atoms with E-state index in [1.54, 1.807) is 0 Å².